The third-order valence-corrected chi connectivity index (χ3v) is 39.0. The lowest BCUT2D eigenvalue weighted by molar-refractivity contribution is -0.001000. The Labute approximate surface area is 686 Å². The second-order valence-electron chi connectivity index (χ2n) is 33.9. The standard InChI is InChI=1S/3C32H68P.3BrH/c3*1-5-9-13-17-18-19-20-21-22-23-24-28-32-33(29-25-14-10-6-2,30-26-15-11-7-3)31-27-16-12-8-4;;;/h3*5-32H2,1-4H3;3*1H/q3*+1;;;/p-3. The Bertz CT molecular complexity index is 1140. The van der Waals surface area contributed by atoms with Gasteiger partial charge in [-0.3, -0.25) is 0 Å². The van der Waals surface area contributed by atoms with Gasteiger partial charge in [0.15, 0.2) is 0 Å². The van der Waals surface area contributed by atoms with Crippen LogP contribution in [0.2, 0.25) is 0 Å². The minimum Gasteiger partial charge on any atom is -1.00 e. The monoisotopic (exact) mass is 1690 g/mol. The van der Waals surface area contributed by atoms with Gasteiger partial charge in [0.05, 0.1) is 73.9 Å². The van der Waals surface area contributed by atoms with Crippen molar-refractivity contribution in [1.29, 1.82) is 0 Å². The molecule has 0 aliphatic rings. The molecule has 0 radical (unpaired) electrons. The van der Waals surface area contributed by atoms with Gasteiger partial charge in [0, 0.05) is 21.8 Å². The molecule has 0 saturated carbocycles. The van der Waals surface area contributed by atoms with E-state index in [1.165, 1.54) is 385 Å². The van der Waals surface area contributed by atoms with Gasteiger partial charge in [0.1, 0.15) is 0 Å². The summed E-state index contributed by atoms with van der Waals surface area (Å²) < 4.78 is 0. The molecule has 0 unspecified atom stereocenters. The zero-order chi connectivity index (χ0) is 72.9. The highest BCUT2D eigenvalue weighted by molar-refractivity contribution is 7.76. The summed E-state index contributed by atoms with van der Waals surface area (Å²) in [5, 5.41) is 0. The highest BCUT2D eigenvalue weighted by Crippen LogP contribution is 2.63. The largest absolute Gasteiger partial charge is 1.00 e. The molecule has 0 nitrogen and oxygen atoms in total. The molecule has 0 spiro atoms. The Hall–Kier alpha value is 2.73. The van der Waals surface area contributed by atoms with E-state index in [1.807, 2.05) is 0 Å². The molecule has 6 heteroatoms. The molecule has 0 aliphatic carbocycles. The van der Waals surface area contributed by atoms with E-state index in [9.17, 15) is 0 Å². The molecule has 0 heterocycles. The van der Waals surface area contributed by atoms with Crippen LogP contribution in [-0.2, 0) is 0 Å². The van der Waals surface area contributed by atoms with Crippen molar-refractivity contribution in [3.63, 3.8) is 0 Å². The van der Waals surface area contributed by atoms with Crippen LogP contribution in [0.3, 0.4) is 0 Å². The number of hydrogen-bond acceptors (Lipinski definition) is 0. The zero-order valence-corrected chi connectivity index (χ0v) is 81.3. The van der Waals surface area contributed by atoms with E-state index in [-0.39, 0.29) is 50.9 Å². The molecule has 0 aromatic rings. The van der Waals surface area contributed by atoms with Crippen molar-refractivity contribution in [2.45, 2.75) is 545 Å². The van der Waals surface area contributed by atoms with Crippen molar-refractivity contribution in [3.8, 4) is 0 Å². The van der Waals surface area contributed by atoms with Crippen LogP contribution in [0.4, 0.5) is 0 Å². The molecule has 0 saturated heterocycles. The first-order valence-corrected chi connectivity index (χ1v) is 55.9. The summed E-state index contributed by atoms with van der Waals surface area (Å²) in [5.41, 5.74) is 0. The number of halogens is 3. The Morgan fingerprint density at radius 3 is 0.225 bits per heavy atom. The summed E-state index contributed by atoms with van der Waals surface area (Å²) in [7, 11) is -2.09. The minimum absolute atomic E-state index is 0. The topological polar surface area (TPSA) is 0 Å². The molecule has 0 amide bonds. The Balaban J connectivity index is -0.000000334. The summed E-state index contributed by atoms with van der Waals surface area (Å²) in [6.07, 6.45) is 126. The average Bonchev–Trinajstić information content (AvgIpc) is 0.890. The Morgan fingerprint density at radius 1 is 0.0882 bits per heavy atom. The van der Waals surface area contributed by atoms with Crippen molar-refractivity contribution in [2.75, 3.05) is 73.9 Å². The van der Waals surface area contributed by atoms with Crippen LogP contribution in [0, 0.1) is 0 Å². The predicted molar refractivity (Wildman–Crippen MR) is 480 cm³/mol. The first-order valence-electron chi connectivity index (χ1n) is 48.3. The third-order valence-electron chi connectivity index (χ3n) is 23.8. The second-order valence-corrected chi connectivity index (χ2v) is 47.3. The first-order chi connectivity index (χ1) is 48.7. The quantitative estimate of drug-likeness (QED) is 0.0421. The van der Waals surface area contributed by atoms with Crippen molar-refractivity contribution in [1.82, 2.24) is 0 Å². The van der Waals surface area contributed by atoms with Gasteiger partial charge in [-0.2, -0.15) is 0 Å². The normalized spacial score (nSPS) is 11.6. The van der Waals surface area contributed by atoms with E-state index >= 15 is 0 Å². The van der Waals surface area contributed by atoms with Crippen molar-refractivity contribution >= 4 is 21.8 Å². The Kier molecular flexibility index (Phi) is 113. The van der Waals surface area contributed by atoms with E-state index in [2.05, 4.69) is 83.1 Å². The van der Waals surface area contributed by atoms with Crippen molar-refractivity contribution in [3.05, 3.63) is 0 Å². The van der Waals surface area contributed by atoms with Gasteiger partial charge in [-0.1, -0.05) is 391 Å². The fourth-order valence-corrected chi connectivity index (χ4v) is 31.5. The van der Waals surface area contributed by atoms with Crippen LogP contribution in [0.5, 0.6) is 0 Å². The average molecular weight is 1690 g/mol. The maximum absolute atomic E-state index is 2.37. The van der Waals surface area contributed by atoms with E-state index in [0.717, 1.165) is 0 Å². The van der Waals surface area contributed by atoms with E-state index < -0.39 is 21.8 Å². The summed E-state index contributed by atoms with van der Waals surface area (Å²) in [5.74, 6) is 0. The SMILES string of the molecule is CCCCCCCCCCCCCC[P+](CCCCCC)(CCCCCC)CCCCCC.CCCCCCCCCCCCCC[P+](CCCCCC)(CCCCCC)CCCCCC.CCCCCCCCCCCCCC[P+](CCCCCC)(CCCCCC)CCCCCC.[Br-].[Br-].[Br-]. The lowest BCUT2D eigenvalue weighted by Gasteiger charge is -2.28. The summed E-state index contributed by atoms with van der Waals surface area (Å²) in [4.78, 5) is 0. The highest BCUT2D eigenvalue weighted by atomic mass is 79.9. The van der Waals surface area contributed by atoms with E-state index in [4.69, 9.17) is 0 Å². The highest BCUT2D eigenvalue weighted by Gasteiger charge is 2.37. The molecule has 0 rings (SSSR count). The smallest absolute Gasteiger partial charge is 0.0594 e. The molecule has 0 atom stereocenters. The fourth-order valence-electron chi connectivity index (χ4n) is 16.7. The van der Waals surface area contributed by atoms with Gasteiger partial charge < -0.3 is 50.9 Å². The van der Waals surface area contributed by atoms with Gasteiger partial charge in [-0.05, 0) is 154 Å². The maximum Gasteiger partial charge on any atom is 0.0594 e. The lowest BCUT2D eigenvalue weighted by Crippen LogP contribution is -3.00. The van der Waals surface area contributed by atoms with E-state index in [0.29, 0.717) is 0 Å². The molecule has 0 fully saturated rings. The third kappa shape index (κ3) is 86.7. The van der Waals surface area contributed by atoms with Gasteiger partial charge in [0.2, 0.25) is 0 Å². The molecule has 0 aromatic carbocycles. The van der Waals surface area contributed by atoms with Crippen molar-refractivity contribution in [2.24, 2.45) is 0 Å². The summed E-state index contributed by atoms with van der Waals surface area (Å²) >= 11 is 0. The first kappa shape index (κ1) is 116. The number of hydrogen-bond donors (Lipinski definition) is 0. The number of unbranched alkanes of at least 4 members (excludes halogenated alkanes) is 60. The zero-order valence-electron chi connectivity index (χ0n) is 73.9. The predicted octanol–water partition coefficient (Wildman–Crippen LogP) is 28.4. The van der Waals surface area contributed by atoms with Gasteiger partial charge in [-0.25, -0.2) is 0 Å². The molecule has 624 valence electrons. The molecular formula is C96H204Br3P3. The van der Waals surface area contributed by atoms with Crippen LogP contribution >= 0.6 is 21.8 Å². The van der Waals surface area contributed by atoms with Crippen LogP contribution < -0.4 is 50.9 Å². The molecule has 0 aromatic heterocycles. The van der Waals surface area contributed by atoms with Crippen LogP contribution in [-0.4, -0.2) is 73.9 Å². The van der Waals surface area contributed by atoms with Gasteiger partial charge >= 0.3 is 0 Å². The minimum atomic E-state index is -0.697. The molecule has 102 heavy (non-hydrogen) atoms. The molecule has 0 aliphatic heterocycles. The Morgan fingerprint density at radius 2 is 0.147 bits per heavy atom. The van der Waals surface area contributed by atoms with Crippen LogP contribution in [0.25, 0.3) is 0 Å². The molecule has 0 N–H and O–H groups in total. The molecule has 0 bridgehead atoms. The summed E-state index contributed by atoms with van der Waals surface area (Å²) in [6.45, 7) is 28.2. The van der Waals surface area contributed by atoms with Gasteiger partial charge in [0.25, 0.3) is 0 Å². The fraction of sp³-hybridized carbons (Fsp3) is 1.00. The maximum atomic E-state index is 2.37. The van der Waals surface area contributed by atoms with Gasteiger partial charge in [-0.15, -0.1) is 0 Å². The lowest BCUT2D eigenvalue weighted by atomic mass is 10.1. The van der Waals surface area contributed by atoms with E-state index in [1.54, 1.807) is 151 Å². The van der Waals surface area contributed by atoms with Crippen molar-refractivity contribution < 1.29 is 50.9 Å². The second kappa shape index (κ2) is 99.8. The van der Waals surface area contributed by atoms with Crippen LogP contribution in [0.1, 0.15) is 545 Å². The molecular weight excluding hydrogens is 1490 g/mol. The summed E-state index contributed by atoms with van der Waals surface area (Å²) in [6, 6.07) is 0. The van der Waals surface area contributed by atoms with Crippen LogP contribution in [0.15, 0.2) is 0 Å². The number of rotatable bonds is 84.